The zero-order valence-corrected chi connectivity index (χ0v) is 21.1. The number of nitrogens with two attached hydrogens (primary N) is 1. The molecule has 5 rings (SSSR count). The van der Waals surface area contributed by atoms with Crippen molar-refractivity contribution < 1.29 is 39.6 Å². The number of phenols is 1. The molecule has 0 saturated heterocycles. The highest BCUT2D eigenvalue weighted by molar-refractivity contribution is 6.24. The maximum atomic E-state index is 13.9. The average molecular weight is 521 g/mol. The van der Waals surface area contributed by atoms with Crippen LogP contribution in [-0.2, 0) is 25.6 Å². The molecule has 1 saturated carbocycles. The molecule has 0 aliphatic heterocycles. The lowest BCUT2D eigenvalue weighted by molar-refractivity contribution is -0.153. The Kier molecular flexibility index (Phi) is 5.73. The molecule has 4 aliphatic rings. The summed E-state index contributed by atoms with van der Waals surface area (Å²) in [6, 6.07) is 2.25. The fourth-order valence-corrected chi connectivity index (χ4v) is 6.55. The number of Topliss-reactive ketones (excluding diaryl/α,β-unsaturated/α-hetero) is 3. The fourth-order valence-electron chi connectivity index (χ4n) is 6.55. The molecular weight excluding hydrogens is 492 g/mol. The van der Waals surface area contributed by atoms with E-state index >= 15 is 0 Å². The molecule has 1 fully saturated rings. The Hall–Kier alpha value is -4.02. The number of nitrogens with zero attached hydrogens (tertiary/aromatic N) is 1. The number of hydrogen-bond donors (Lipinski definition) is 5. The van der Waals surface area contributed by atoms with Crippen LogP contribution in [0.4, 0.5) is 0 Å². The molecule has 0 heterocycles. The number of aromatic hydroxyl groups is 1. The van der Waals surface area contributed by atoms with Crippen LogP contribution in [-0.4, -0.2) is 74.3 Å². The Bertz CT molecular complexity index is 1480. The van der Waals surface area contributed by atoms with Gasteiger partial charge in [-0.05, 0) is 57.3 Å². The molecular formula is C28H28N2O8. The molecule has 0 radical (unpaired) electrons. The summed E-state index contributed by atoms with van der Waals surface area (Å²) < 4.78 is 0. The van der Waals surface area contributed by atoms with E-state index in [1.807, 2.05) is 0 Å². The maximum Gasteiger partial charge on any atom is 0.255 e. The number of benzene rings is 1. The van der Waals surface area contributed by atoms with Crippen LogP contribution in [0.2, 0.25) is 0 Å². The van der Waals surface area contributed by atoms with E-state index in [0.29, 0.717) is 28.7 Å². The normalized spacial score (nSPS) is 28.6. The molecule has 4 aliphatic carbocycles. The molecule has 0 bridgehead atoms. The zero-order valence-electron chi connectivity index (χ0n) is 21.1. The van der Waals surface area contributed by atoms with Gasteiger partial charge < -0.3 is 26.2 Å². The third-order valence-electron chi connectivity index (χ3n) is 8.23. The van der Waals surface area contributed by atoms with Gasteiger partial charge in [-0.1, -0.05) is 24.3 Å². The Balaban J connectivity index is 1.71. The lowest BCUT2D eigenvalue weighted by Gasteiger charge is -2.50. The molecule has 1 aromatic rings. The number of ketones is 3. The molecule has 198 valence electrons. The number of carbonyl (C=O) groups excluding carboxylic acids is 4. The summed E-state index contributed by atoms with van der Waals surface area (Å²) in [4.78, 5) is 52.6. The first kappa shape index (κ1) is 25.6. The van der Waals surface area contributed by atoms with Crippen molar-refractivity contribution in [2.75, 3.05) is 14.1 Å². The van der Waals surface area contributed by atoms with Crippen molar-refractivity contribution in [1.29, 1.82) is 0 Å². The smallest absolute Gasteiger partial charge is 0.255 e. The number of rotatable bonds is 4. The lowest BCUT2D eigenvalue weighted by Crippen LogP contribution is -2.65. The summed E-state index contributed by atoms with van der Waals surface area (Å²) in [5, 5.41) is 45.2. The Labute approximate surface area is 218 Å². The van der Waals surface area contributed by atoms with Crippen LogP contribution in [0.25, 0.3) is 11.3 Å². The molecule has 6 N–H and O–H groups in total. The van der Waals surface area contributed by atoms with E-state index in [2.05, 4.69) is 0 Å². The van der Waals surface area contributed by atoms with Crippen molar-refractivity contribution in [3.63, 3.8) is 0 Å². The van der Waals surface area contributed by atoms with Crippen LogP contribution in [0, 0.1) is 11.8 Å². The molecule has 0 spiro atoms. The van der Waals surface area contributed by atoms with E-state index < -0.39 is 58.0 Å². The number of aliphatic hydroxyl groups excluding tert-OH is 2. The number of phenolic OH excluding ortho intramolecular Hbond substituents is 1. The maximum absolute atomic E-state index is 13.9. The van der Waals surface area contributed by atoms with Gasteiger partial charge in [-0.25, -0.2) is 0 Å². The van der Waals surface area contributed by atoms with Gasteiger partial charge in [0.2, 0.25) is 5.78 Å². The van der Waals surface area contributed by atoms with Crippen molar-refractivity contribution in [3.05, 3.63) is 63.5 Å². The van der Waals surface area contributed by atoms with E-state index in [1.165, 1.54) is 11.8 Å². The number of likely N-dealkylation sites (N-methyl/N-ethyl adjacent to an activating group) is 1. The summed E-state index contributed by atoms with van der Waals surface area (Å²) >= 11 is 0. The van der Waals surface area contributed by atoms with Gasteiger partial charge in [0.1, 0.15) is 22.8 Å². The minimum atomic E-state index is -2.68. The first-order chi connectivity index (χ1) is 17.8. The van der Waals surface area contributed by atoms with Gasteiger partial charge in [0.05, 0.1) is 11.6 Å². The van der Waals surface area contributed by atoms with Gasteiger partial charge in [0.25, 0.3) is 5.91 Å². The summed E-state index contributed by atoms with van der Waals surface area (Å²) in [6.07, 6.45) is 4.09. The number of aliphatic hydroxyl groups is 3. The molecule has 1 amide bonds. The standard InChI is InChI=1S/C28H28N2O8/c1-11(31)14-5-4-6-15(14)16-8-7-12-9-13-10-17-21(30(2)3)24(34)20(27(29)37)26(36)28(17,38)25(35)19(13)23(33)18(12)22(16)32/h4-5,7-8,13,17,21,32-33,36,38H,6,9-10H2,1-3H3,(H2,29,37)/t13-,17-,21-,28-/m0/s1. The minimum absolute atomic E-state index is 0.00101. The molecule has 0 aromatic heterocycles. The van der Waals surface area contributed by atoms with E-state index in [1.54, 1.807) is 38.4 Å². The van der Waals surface area contributed by atoms with Crippen molar-refractivity contribution in [1.82, 2.24) is 4.90 Å². The third kappa shape index (κ3) is 3.26. The Morgan fingerprint density at radius 3 is 2.42 bits per heavy atom. The first-order valence-electron chi connectivity index (χ1n) is 12.2. The van der Waals surface area contributed by atoms with Crippen LogP contribution in [0.3, 0.4) is 0 Å². The van der Waals surface area contributed by atoms with Gasteiger partial charge in [0, 0.05) is 22.6 Å². The monoisotopic (exact) mass is 520 g/mol. The van der Waals surface area contributed by atoms with Crippen LogP contribution in [0.15, 0.2) is 46.8 Å². The predicted molar refractivity (Wildman–Crippen MR) is 136 cm³/mol. The van der Waals surface area contributed by atoms with Gasteiger partial charge in [-0.2, -0.15) is 0 Å². The minimum Gasteiger partial charge on any atom is -0.508 e. The largest absolute Gasteiger partial charge is 0.508 e. The zero-order chi connectivity index (χ0) is 27.8. The van der Waals surface area contributed by atoms with Gasteiger partial charge in [-0.3, -0.25) is 24.1 Å². The van der Waals surface area contributed by atoms with Crippen molar-refractivity contribution in [3.8, 4) is 5.75 Å². The van der Waals surface area contributed by atoms with Crippen LogP contribution < -0.4 is 5.73 Å². The van der Waals surface area contributed by atoms with Gasteiger partial charge in [0.15, 0.2) is 17.2 Å². The second-order valence-electron chi connectivity index (χ2n) is 10.5. The van der Waals surface area contributed by atoms with Crippen molar-refractivity contribution in [2.24, 2.45) is 17.6 Å². The lowest BCUT2D eigenvalue weighted by atomic mass is 9.57. The average Bonchev–Trinajstić information content (AvgIpc) is 3.31. The quantitative estimate of drug-likeness (QED) is 0.366. The number of hydrogen-bond acceptors (Lipinski definition) is 9. The number of primary amides is 1. The predicted octanol–water partition coefficient (Wildman–Crippen LogP) is 1.27. The fraction of sp³-hybridized carbons (Fsp3) is 0.357. The van der Waals surface area contributed by atoms with E-state index in [0.717, 1.165) is 0 Å². The number of amides is 1. The second kappa shape index (κ2) is 8.50. The number of fused-ring (bicyclic) bond motifs is 3. The molecule has 10 nitrogen and oxygen atoms in total. The molecule has 10 heteroatoms. The summed E-state index contributed by atoms with van der Waals surface area (Å²) in [5.41, 5.74) is 3.49. The van der Waals surface area contributed by atoms with Crippen molar-refractivity contribution >= 4 is 34.6 Å². The number of allylic oxidation sites excluding steroid dienone is 4. The highest BCUT2D eigenvalue weighted by atomic mass is 16.3. The Morgan fingerprint density at radius 1 is 1.13 bits per heavy atom. The van der Waals surface area contributed by atoms with E-state index in [9.17, 15) is 39.6 Å². The molecule has 4 atom stereocenters. The van der Waals surface area contributed by atoms with E-state index in [4.69, 9.17) is 5.73 Å². The van der Waals surface area contributed by atoms with E-state index in [-0.39, 0.29) is 35.5 Å². The Morgan fingerprint density at radius 2 is 1.82 bits per heavy atom. The van der Waals surface area contributed by atoms with Crippen molar-refractivity contribution in [2.45, 2.75) is 37.8 Å². The highest BCUT2D eigenvalue weighted by Crippen LogP contribution is 2.53. The topological polar surface area (TPSA) is 178 Å². The van der Waals surface area contributed by atoms with Crippen LogP contribution in [0.1, 0.15) is 36.5 Å². The number of carbonyl (C=O) groups is 4. The SMILES string of the molecule is CC(=O)C1=C(c2ccc3c(c2O)C(O)=C2C(=O)[C@]4(O)C(O)=C(C(N)=O)C(=O)[C@@H](N(C)C)[C@@H]4C[C@@H]2C3)CC=C1. The highest BCUT2D eigenvalue weighted by Gasteiger charge is 2.64. The summed E-state index contributed by atoms with van der Waals surface area (Å²) in [5.74, 6) is -7.07. The van der Waals surface area contributed by atoms with Crippen LogP contribution >= 0.6 is 0 Å². The third-order valence-corrected chi connectivity index (χ3v) is 8.23. The summed E-state index contributed by atoms with van der Waals surface area (Å²) in [6.45, 7) is 1.42. The van der Waals surface area contributed by atoms with Gasteiger partial charge in [-0.15, -0.1) is 0 Å². The second-order valence-corrected chi connectivity index (χ2v) is 10.5. The molecule has 0 unspecified atom stereocenters. The molecule has 1 aromatic carbocycles. The van der Waals surface area contributed by atoms with Gasteiger partial charge >= 0.3 is 0 Å². The first-order valence-corrected chi connectivity index (χ1v) is 12.2. The molecule has 38 heavy (non-hydrogen) atoms. The summed E-state index contributed by atoms with van der Waals surface area (Å²) in [7, 11) is 3.10. The van der Waals surface area contributed by atoms with Crippen LogP contribution in [0.5, 0.6) is 5.75 Å².